The third-order valence-corrected chi connectivity index (χ3v) is 6.10. The Morgan fingerprint density at radius 1 is 1.44 bits per heavy atom. The Labute approximate surface area is 155 Å². The molecule has 4 nitrogen and oxygen atoms in total. The van der Waals surface area contributed by atoms with Gasteiger partial charge in [0.05, 0.1) is 12.1 Å². The number of halogens is 2. The summed E-state index contributed by atoms with van der Waals surface area (Å²) >= 11 is 0. The fourth-order valence-electron chi connectivity index (χ4n) is 4.31. The second-order valence-electron chi connectivity index (χ2n) is 7.83. The van der Waals surface area contributed by atoms with Gasteiger partial charge in [0.25, 0.3) is 0 Å². The SMILES string of the molecule is Cc1ccc(C(C)NC(=O)C2(N)C3CCCOC3C2(C)C)cc1F.Cl. The summed E-state index contributed by atoms with van der Waals surface area (Å²) in [5.41, 5.74) is 6.56. The van der Waals surface area contributed by atoms with Crippen molar-refractivity contribution in [3.8, 4) is 0 Å². The fraction of sp³-hybridized carbons (Fsp3) is 0.632. The molecule has 25 heavy (non-hydrogen) atoms. The number of benzene rings is 1. The van der Waals surface area contributed by atoms with Crippen LogP contribution in [0.1, 0.15) is 50.8 Å². The third kappa shape index (κ3) is 2.96. The summed E-state index contributed by atoms with van der Waals surface area (Å²) in [6.45, 7) is 8.30. The van der Waals surface area contributed by atoms with E-state index in [1.165, 1.54) is 6.07 Å². The van der Waals surface area contributed by atoms with Gasteiger partial charge in [0, 0.05) is 17.9 Å². The van der Waals surface area contributed by atoms with Crippen LogP contribution in [0.15, 0.2) is 18.2 Å². The minimum atomic E-state index is -0.949. The fourth-order valence-corrected chi connectivity index (χ4v) is 4.31. The van der Waals surface area contributed by atoms with Crippen LogP contribution in [-0.4, -0.2) is 24.2 Å². The van der Waals surface area contributed by atoms with Gasteiger partial charge >= 0.3 is 0 Å². The highest BCUT2D eigenvalue weighted by molar-refractivity contribution is 5.89. The van der Waals surface area contributed by atoms with Gasteiger partial charge < -0.3 is 15.8 Å². The van der Waals surface area contributed by atoms with Crippen molar-refractivity contribution in [1.82, 2.24) is 5.32 Å². The maximum Gasteiger partial charge on any atom is 0.241 e. The Balaban J connectivity index is 0.00000225. The molecule has 1 aliphatic carbocycles. The van der Waals surface area contributed by atoms with Crippen molar-refractivity contribution in [2.45, 2.75) is 58.2 Å². The van der Waals surface area contributed by atoms with E-state index >= 15 is 0 Å². The molecule has 1 aliphatic heterocycles. The maximum atomic E-state index is 13.8. The summed E-state index contributed by atoms with van der Waals surface area (Å²) in [6, 6.07) is 4.74. The number of hydrogen-bond donors (Lipinski definition) is 2. The van der Waals surface area contributed by atoms with Crippen molar-refractivity contribution in [3.05, 3.63) is 35.1 Å². The van der Waals surface area contributed by atoms with Crippen LogP contribution in [0.2, 0.25) is 0 Å². The first-order valence-electron chi connectivity index (χ1n) is 8.67. The van der Waals surface area contributed by atoms with Crippen LogP contribution in [0.5, 0.6) is 0 Å². The van der Waals surface area contributed by atoms with Gasteiger partial charge in [0.2, 0.25) is 5.91 Å². The van der Waals surface area contributed by atoms with Crippen LogP contribution in [0.25, 0.3) is 0 Å². The highest BCUT2D eigenvalue weighted by atomic mass is 35.5. The second kappa shape index (κ2) is 6.86. The van der Waals surface area contributed by atoms with Crippen molar-refractivity contribution in [2.24, 2.45) is 17.1 Å². The number of aryl methyl sites for hydroxylation is 1. The molecule has 0 bridgehead atoms. The zero-order valence-electron chi connectivity index (χ0n) is 15.3. The number of carbonyl (C=O) groups is 1. The molecule has 3 N–H and O–H groups in total. The van der Waals surface area contributed by atoms with Crippen LogP contribution in [0, 0.1) is 24.1 Å². The molecule has 4 unspecified atom stereocenters. The number of ether oxygens (including phenoxy) is 1. The van der Waals surface area contributed by atoms with Gasteiger partial charge in [-0.25, -0.2) is 4.39 Å². The molecule has 1 saturated carbocycles. The number of fused-ring (bicyclic) bond motifs is 1. The normalized spacial score (nSPS) is 31.1. The van der Waals surface area contributed by atoms with E-state index in [0.29, 0.717) is 5.56 Å². The summed E-state index contributed by atoms with van der Waals surface area (Å²) in [4.78, 5) is 13.0. The molecule has 0 aromatic heterocycles. The lowest BCUT2D eigenvalue weighted by Gasteiger charge is -2.65. The van der Waals surface area contributed by atoms with Crippen LogP contribution in [0.3, 0.4) is 0 Å². The molecule has 1 saturated heterocycles. The number of hydrogen-bond acceptors (Lipinski definition) is 3. The van der Waals surface area contributed by atoms with Crippen LogP contribution >= 0.6 is 12.4 Å². The third-order valence-electron chi connectivity index (χ3n) is 6.10. The van der Waals surface area contributed by atoms with Gasteiger partial charge in [-0.05, 0) is 43.9 Å². The molecule has 2 aliphatic rings. The van der Waals surface area contributed by atoms with Crippen LogP contribution in [-0.2, 0) is 9.53 Å². The van der Waals surface area contributed by atoms with Gasteiger partial charge in [-0.3, -0.25) is 4.79 Å². The van der Waals surface area contributed by atoms with Crippen molar-refractivity contribution < 1.29 is 13.9 Å². The van der Waals surface area contributed by atoms with Gasteiger partial charge in [-0.1, -0.05) is 26.0 Å². The summed E-state index contributed by atoms with van der Waals surface area (Å²) in [5.74, 6) is -0.392. The first-order valence-corrected chi connectivity index (χ1v) is 8.67. The topological polar surface area (TPSA) is 64.4 Å². The average molecular weight is 371 g/mol. The zero-order valence-corrected chi connectivity index (χ0v) is 16.1. The average Bonchev–Trinajstić information content (AvgIpc) is 2.56. The summed E-state index contributed by atoms with van der Waals surface area (Å²) < 4.78 is 19.6. The molecular formula is C19H28ClFN2O2. The van der Waals surface area contributed by atoms with E-state index in [-0.39, 0.29) is 42.2 Å². The molecule has 1 heterocycles. The van der Waals surface area contributed by atoms with Gasteiger partial charge in [-0.15, -0.1) is 12.4 Å². The van der Waals surface area contributed by atoms with Crippen LogP contribution < -0.4 is 11.1 Å². The Morgan fingerprint density at radius 3 is 2.76 bits per heavy atom. The molecule has 2 fully saturated rings. The van der Waals surface area contributed by atoms with Crippen molar-refractivity contribution in [1.29, 1.82) is 0 Å². The molecule has 0 spiro atoms. The first kappa shape index (κ1) is 20.1. The molecule has 0 radical (unpaired) electrons. The Kier molecular flexibility index (Phi) is 5.53. The van der Waals surface area contributed by atoms with Crippen LogP contribution in [0.4, 0.5) is 4.39 Å². The van der Waals surface area contributed by atoms with E-state index in [4.69, 9.17) is 10.5 Å². The van der Waals surface area contributed by atoms with E-state index in [1.807, 2.05) is 26.8 Å². The largest absolute Gasteiger partial charge is 0.377 e. The van der Waals surface area contributed by atoms with Crippen molar-refractivity contribution >= 4 is 18.3 Å². The molecule has 6 heteroatoms. The van der Waals surface area contributed by atoms with E-state index in [9.17, 15) is 9.18 Å². The standard InChI is InChI=1S/C19H27FN2O2.ClH/c1-11-7-8-13(10-15(11)20)12(2)22-17(23)19(21)14-6-5-9-24-16(14)18(19,3)4;/h7-8,10,12,14,16H,5-6,9,21H2,1-4H3,(H,22,23);1H. The summed E-state index contributed by atoms with van der Waals surface area (Å²) in [5, 5.41) is 2.99. The molecular weight excluding hydrogens is 343 g/mol. The minimum absolute atomic E-state index is 0. The smallest absolute Gasteiger partial charge is 0.241 e. The van der Waals surface area contributed by atoms with E-state index in [2.05, 4.69) is 5.32 Å². The van der Waals surface area contributed by atoms with E-state index in [0.717, 1.165) is 25.0 Å². The number of rotatable bonds is 3. The molecule has 4 atom stereocenters. The molecule has 1 aromatic rings. The predicted octanol–water partition coefficient (Wildman–Crippen LogP) is 3.27. The van der Waals surface area contributed by atoms with Crippen molar-refractivity contribution in [2.75, 3.05) is 6.61 Å². The summed E-state index contributed by atoms with van der Waals surface area (Å²) in [6.07, 6.45) is 1.88. The van der Waals surface area contributed by atoms with Gasteiger partial charge in [0.15, 0.2) is 0 Å². The highest BCUT2D eigenvalue weighted by Gasteiger charge is 2.70. The van der Waals surface area contributed by atoms with Gasteiger partial charge in [-0.2, -0.15) is 0 Å². The highest BCUT2D eigenvalue weighted by Crippen LogP contribution is 2.57. The number of nitrogens with one attached hydrogen (secondary N) is 1. The van der Waals surface area contributed by atoms with E-state index < -0.39 is 11.0 Å². The summed E-state index contributed by atoms with van der Waals surface area (Å²) in [7, 11) is 0. The van der Waals surface area contributed by atoms with E-state index in [1.54, 1.807) is 13.0 Å². The van der Waals surface area contributed by atoms with Gasteiger partial charge in [0.1, 0.15) is 11.4 Å². The number of amides is 1. The molecule has 140 valence electrons. The molecule has 1 amide bonds. The Morgan fingerprint density at radius 2 is 2.12 bits per heavy atom. The Hall–Kier alpha value is -1.17. The lowest BCUT2D eigenvalue weighted by Crippen LogP contribution is -2.82. The lowest BCUT2D eigenvalue weighted by molar-refractivity contribution is -0.225. The minimum Gasteiger partial charge on any atom is -0.377 e. The second-order valence-corrected chi connectivity index (χ2v) is 7.83. The number of nitrogens with two attached hydrogens (primary N) is 1. The zero-order chi connectivity index (χ0) is 17.7. The first-order chi connectivity index (χ1) is 11.2. The molecule has 3 rings (SSSR count). The number of carbonyl (C=O) groups excluding carboxylic acids is 1. The van der Waals surface area contributed by atoms with Crippen molar-refractivity contribution in [3.63, 3.8) is 0 Å². The lowest BCUT2D eigenvalue weighted by atomic mass is 9.46. The molecule has 1 aromatic carbocycles. The Bertz CT molecular complexity index is 667. The predicted molar refractivity (Wildman–Crippen MR) is 98.1 cm³/mol. The monoisotopic (exact) mass is 370 g/mol. The maximum absolute atomic E-state index is 13.8. The quantitative estimate of drug-likeness (QED) is 0.858.